The number of aliphatic hydroxyl groups excluding tert-OH is 1. The topological polar surface area (TPSA) is 83.9 Å². The Hall–Kier alpha value is -2.83. The van der Waals surface area contributed by atoms with Crippen LogP contribution in [0.25, 0.3) is 5.76 Å². The van der Waals surface area contributed by atoms with Gasteiger partial charge in [-0.15, -0.1) is 0 Å². The number of carbonyl (C=O) groups is 3. The fourth-order valence-corrected chi connectivity index (χ4v) is 3.71. The van der Waals surface area contributed by atoms with E-state index in [4.69, 9.17) is 27.9 Å². The molecular weight excluding hydrogens is 429 g/mol. The maximum absolute atomic E-state index is 12.9. The second kappa shape index (κ2) is 8.90. The highest BCUT2D eigenvalue weighted by Crippen LogP contribution is 2.40. The number of ketones is 1. The molecule has 0 aliphatic carbocycles. The Morgan fingerprint density at radius 3 is 2.50 bits per heavy atom. The number of benzene rings is 2. The predicted molar refractivity (Wildman–Crippen MR) is 114 cm³/mol. The third-order valence-electron chi connectivity index (χ3n) is 4.63. The van der Waals surface area contributed by atoms with Crippen LogP contribution < -0.4 is 4.74 Å². The highest BCUT2D eigenvalue weighted by molar-refractivity contribution is 6.46. The van der Waals surface area contributed by atoms with E-state index in [1.165, 1.54) is 30.0 Å². The Morgan fingerprint density at radius 1 is 1.13 bits per heavy atom. The van der Waals surface area contributed by atoms with Gasteiger partial charge in [-0.05, 0) is 42.3 Å². The molecule has 1 heterocycles. The summed E-state index contributed by atoms with van der Waals surface area (Å²) in [5.74, 6) is -2.08. The number of likely N-dealkylation sites (tertiary alicyclic amines) is 1. The summed E-state index contributed by atoms with van der Waals surface area (Å²) in [6.07, 6.45) is 0.611. The number of nitrogens with zero attached hydrogens (tertiary/aromatic N) is 1. The molecule has 1 N–H and O–H groups in total. The second-order valence-corrected chi connectivity index (χ2v) is 7.60. The predicted octanol–water partition coefficient (Wildman–Crippen LogP) is 4.75. The van der Waals surface area contributed by atoms with E-state index in [2.05, 4.69) is 0 Å². The van der Waals surface area contributed by atoms with E-state index in [1.54, 1.807) is 24.3 Å². The van der Waals surface area contributed by atoms with Crippen LogP contribution in [0, 0.1) is 0 Å². The first-order valence-electron chi connectivity index (χ1n) is 9.26. The van der Waals surface area contributed by atoms with Gasteiger partial charge in [-0.1, -0.05) is 42.3 Å². The molecule has 1 aliphatic rings. The molecule has 1 aliphatic heterocycles. The minimum Gasteiger partial charge on any atom is -0.507 e. The number of hydrogen-bond donors (Lipinski definition) is 1. The molecule has 1 fully saturated rings. The number of amides is 1. The third kappa shape index (κ3) is 4.20. The van der Waals surface area contributed by atoms with Crippen molar-refractivity contribution in [3.63, 3.8) is 0 Å². The Kier molecular flexibility index (Phi) is 6.48. The van der Waals surface area contributed by atoms with Gasteiger partial charge in [-0.25, -0.2) is 0 Å². The average Bonchev–Trinajstić information content (AvgIpc) is 2.94. The first-order chi connectivity index (χ1) is 14.2. The molecule has 0 spiro atoms. The Morgan fingerprint density at radius 2 is 1.87 bits per heavy atom. The monoisotopic (exact) mass is 447 g/mol. The summed E-state index contributed by atoms with van der Waals surface area (Å²) in [7, 11) is 0. The van der Waals surface area contributed by atoms with E-state index < -0.39 is 23.7 Å². The van der Waals surface area contributed by atoms with Crippen LogP contribution in [0.1, 0.15) is 37.4 Å². The molecule has 30 heavy (non-hydrogen) atoms. The number of ether oxygens (including phenoxy) is 1. The summed E-state index contributed by atoms with van der Waals surface area (Å²) >= 11 is 12.0. The zero-order chi connectivity index (χ0) is 22.0. The van der Waals surface area contributed by atoms with E-state index in [9.17, 15) is 19.5 Å². The average molecular weight is 448 g/mol. The summed E-state index contributed by atoms with van der Waals surface area (Å²) < 4.78 is 5.13. The van der Waals surface area contributed by atoms with Crippen molar-refractivity contribution >= 4 is 46.6 Å². The molecule has 2 aromatic rings. The van der Waals surface area contributed by atoms with Gasteiger partial charge in [-0.2, -0.15) is 0 Å². The van der Waals surface area contributed by atoms with Crippen LogP contribution in [0.3, 0.4) is 0 Å². The van der Waals surface area contributed by atoms with Crippen LogP contribution in [-0.2, 0) is 14.4 Å². The second-order valence-electron chi connectivity index (χ2n) is 6.79. The maximum atomic E-state index is 12.9. The smallest absolute Gasteiger partial charge is 0.308 e. The SMILES string of the molecule is CCCN1C(=O)C(=O)/C(=C(\O)c2ccc(Cl)c(Cl)c2)C1c1cccc(OC(C)=O)c1. The van der Waals surface area contributed by atoms with E-state index in [-0.39, 0.29) is 27.7 Å². The van der Waals surface area contributed by atoms with Gasteiger partial charge >= 0.3 is 5.97 Å². The first-order valence-corrected chi connectivity index (χ1v) is 10.0. The Labute approximate surface area is 183 Å². The van der Waals surface area contributed by atoms with Gasteiger partial charge in [0.05, 0.1) is 21.7 Å². The van der Waals surface area contributed by atoms with Gasteiger partial charge in [0.25, 0.3) is 11.7 Å². The van der Waals surface area contributed by atoms with Crippen molar-refractivity contribution in [1.29, 1.82) is 0 Å². The largest absolute Gasteiger partial charge is 0.507 e. The van der Waals surface area contributed by atoms with Gasteiger partial charge in [-0.3, -0.25) is 14.4 Å². The normalized spacial score (nSPS) is 18.0. The molecule has 1 amide bonds. The zero-order valence-corrected chi connectivity index (χ0v) is 17.8. The van der Waals surface area contributed by atoms with Gasteiger partial charge in [0, 0.05) is 19.0 Å². The third-order valence-corrected chi connectivity index (χ3v) is 5.37. The van der Waals surface area contributed by atoms with Gasteiger partial charge in [0.1, 0.15) is 11.5 Å². The fourth-order valence-electron chi connectivity index (χ4n) is 3.41. The lowest BCUT2D eigenvalue weighted by Crippen LogP contribution is -2.30. The van der Waals surface area contributed by atoms with E-state index in [0.29, 0.717) is 23.6 Å². The minimum atomic E-state index is -0.838. The molecule has 3 rings (SSSR count). The van der Waals surface area contributed by atoms with Crippen molar-refractivity contribution in [2.75, 3.05) is 6.54 Å². The highest BCUT2D eigenvalue weighted by Gasteiger charge is 2.45. The summed E-state index contributed by atoms with van der Waals surface area (Å²) in [5, 5.41) is 11.5. The molecule has 1 unspecified atom stereocenters. The van der Waals surface area contributed by atoms with Crippen molar-refractivity contribution in [2.45, 2.75) is 26.3 Å². The number of esters is 1. The van der Waals surface area contributed by atoms with Crippen LogP contribution >= 0.6 is 23.2 Å². The van der Waals surface area contributed by atoms with Crippen LogP contribution in [0.2, 0.25) is 10.0 Å². The lowest BCUT2D eigenvalue weighted by molar-refractivity contribution is -0.139. The quantitative estimate of drug-likeness (QED) is 0.235. The number of halogens is 2. The lowest BCUT2D eigenvalue weighted by Gasteiger charge is -2.25. The van der Waals surface area contributed by atoms with E-state index >= 15 is 0 Å². The van der Waals surface area contributed by atoms with Crippen LogP contribution in [0.4, 0.5) is 0 Å². The first kappa shape index (κ1) is 21.9. The number of Topliss-reactive ketones (excluding diaryl/α,β-unsaturated/α-hetero) is 1. The summed E-state index contributed by atoms with van der Waals surface area (Å²) in [4.78, 5) is 38.3. The molecule has 0 bridgehead atoms. The molecule has 156 valence electrons. The van der Waals surface area contributed by atoms with E-state index in [1.807, 2.05) is 6.92 Å². The van der Waals surface area contributed by atoms with Crippen LogP contribution in [-0.4, -0.2) is 34.2 Å². The van der Waals surface area contributed by atoms with Crippen molar-refractivity contribution in [3.05, 3.63) is 69.2 Å². The number of rotatable bonds is 5. The van der Waals surface area contributed by atoms with Crippen LogP contribution in [0.15, 0.2) is 48.0 Å². The zero-order valence-electron chi connectivity index (χ0n) is 16.3. The van der Waals surface area contributed by atoms with Crippen molar-refractivity contribution < 1.29 is 24.2 Å². The molecule has 8 heteroatoms. The van der Waals surface area contributed by atoms with Gasteiger partial charge in [0.15, 0.2) is 0 Å². The molecule has 1 atom stereocenters. The number of carbonyl (C=O) groups excluding carboxylic acids is 3. The molecule has 6 nitrogen and oxygen atoms in total. The summed E-state index contributed by atoms with van der Waals surface area (Å²) in [6, 6.07) is 10.1. The number of hydrogen-bond acceptors (Lipinski definition) is 5. The molecule has 0 saturated carbocycles. The van der Waals surface area contributed by atoms with Crippen molar-refractivity contribution in [1.82, 2.24) is 4.90 Å². The van der Waals surface area contributed by atoms with Gasteiger partial charge < -0.3 is 14.7 Å². The molecular formula is C22H19Cl2NO5. The van der Waals surface area contributed by atoms with E-state index in [0.717, 1.165) is 0 Å². The molecule has 1 saturated heterocycles. The minimum absolute atomic E-state index is 0.0631. The summed E-state index contributed by atoms with van der Waals surface area (Å²) in [5.41, 5.74) is 0.731. The van der Waals surface area contributed by atoms with Crippen molar-refractivity contribution in [2.24, 2.45) is 0 Å². The Bertz CT molecular complexity index is 1060. The lowest BCUT2D eigenvalue weighted by atomic mass is 9.95. The Balaban J connectivity index is 2.18. The number of aliphatic hydroxyl groups is 1. The highest BCUT2D eigenvalue weighted by atomic mass is 35.5. The standard InChI is InChI=1S/C22H19Cl2NO5/c1-3-9-25-19(13-5-4-6-15(10-13)30-12(2)26)18(21(28)22(25)29)20(27)14-7-8-16(23)17(24)11-14/h4-8,10-11,19,27H,3,9H2,1-2H3/b20-18-. The maximum Gasteiger partial charge on any atom is 0.308 e. The van der Waals surface area contributed by atoms with Gasteiger partial charge in [0.2, 0.25) is 0 Å². The molecule has 0 radical (unpaired) electrons. The fraction of sp³-hybridized carbons (Fsp3) is 0.227. The summed E-state index contributed by atoms with van der Waals surface area (Å²) in [6.45, 7) is 3.47. The molecule has 0 aromatic heterocycles. The van der Waals surface area contributed by atoms with Crippen molar-refractivity contribution in [3.8, 4) is 5.75 Å². The molecule has 2 aromatic carbocycles. The van der Waals surface area contributed by atoms with Crippen LogP contribution in [0.5, 0.6) is 5.75 Å².